The number of benzene rings is 8. The number of hydrogen-bond donors (Lipinski definition) is 0. The van der Waals surface area contributed by atoms with Crippen LogP contribution in [0.5, 0.6) is 0 Å². The highest BCUT2D eigenvalue weighted by atomic mass is 32.1. The van der Waals surface area contributed by atoms with E-state index in [4.69, 9.17) is 0 Å². The van der Waals surface area contributed by atoms with Crippen molar-refractivity contribution in [3.8, 4) is 33.4 Å². The van der Waals surface area contributed by atoms with Crippen molar-refractivity contribution in [3.63, 3.8) is 0 Å². The summed E-state index contributed by atoms with van der Waals surface area (Å²) in [5.74, 6) is 0. The second-order valence-electron chi connectivity index (χ2n) is 14.1. The normalized spacial score (nSPS) is 13.1. The van der Waals surface area contributed by atoms with Crippen LogP contribution in [-0.2, 0) is 0 Å². The standard InChI is InChI=1S/C48H35NSSi/c1-51(2)44-24-12-22-42(46(44)47-45(51)30-29-41-40-20-8-9-23-43(40)50-48(41)47)49(37-18-10-17-35(31-37)32-13-4-3-5-14-32)36-27-25-34(26-28-36)39-21-11-16-33-15-6-7-19-38(33)39/h3-31H,1-2H3. The smallest absolute Gasteiger partial charge is 0.114 e. The third-order valence-corrected chi connectivity index (χ3v) is 15.6. The minimum atomic E-state index is -1.99. The predicted molar refractivity (Wildman–Crippen MR) is 225 cm³/mol. The molecule has 0 aliphatic carbocycles. The lowest BCUT2D eigenvalue weighted by Crippen LogP contribution is -2.49. The van der Waals surface area contributed by atoms with Crippen LogP contribution in [0.4, 0.5) is 17.1 Å². The highest BCUT2D eigenvalue weighted by molar-refractivity contribution is 7.26. The van der Waals surface area contributed by atoms with Crippen molar-refractivity contribution in [3.05, 3.63) is 176 Å². The van der Waals surface area contributed by atoms with E-state index in [0.717, 1.165) is 11.4 Å². The van der Waals surface area contributed by atoms with Gasteiger partial charge in [0, 0.05) is 42.7 Å². The number of rotatable bonds is 5. The van der Waals surface area contributed by atoms with Gasteiger partial charge in [-0.1, -0.05) is 153 Å². The van der Waals surface area contributed by atoms with Crippen molar-refractivity contribution in [2.75, 3.05) is 4.90 Å². The third kappa shape index (κ3) is 4.73. The van der Waals surface area contributed by atoms with Gasteiger partial charge in [0.15, 0.2) is 0 Å². The van der Waals surface area contributed by atoms with Crippen LogP contribution in [0.3, 0.4) is 0 Å². The van der Waals surface area contributed by atoms with E-state index in [1.165, 1.54) is 80.4 Å². The molecule has 1 aromatic heterocycles. The molecule has 2 heterocycles. The molecule has 0 unspecified atom stereocenters. The second kappa shape index (κ2) is 11.7. The molecule has 0 amide bonds. The Hall–Kier alpha value is -5.74. The Labute approximate surface area is 303 Å². The minimum Gasteiger partial charge on any atom is -0.310 e. The molecule has 1 nitrogen and oxygen atoms in total. The molecule has 51 heavy (non-hydrogen) atoms. The molecule has 0 bridgehead atoms. The number of fused-ring (bicyclic) bond motifs is 8. The zero-order chi connectivity index (χ0) is 34.1. The first kappa shape index (κ1) is 30.1. The zero-order valence-corrected chi connectivity index (χ0v) is 30.4. The molecule has 0 fully saturated rings. The molecule has 0 saturated carbocycles. The summed E-state index contributed by atoms with van der Waals surface area (Å²) in [6.45, 7) is 5.06. The largest absolute Gasteiger partial charge is 0.310 e. The van der Waals surface area contributed by atoms with Crippen LogP contribution < -0.4 is 15.3 Å². The van der Waals surface area contributed by atoms with Gasteiger partial charge in [0.1, 0.15) is 8.07 Å². The summed E-state index contributed by atoms with van der Waals surface area (Å²) in [4.78, 5) is 2.50. The molecule has 1 aliphatic rings. The fraction of sp³-hybridized carbons (Fsp3) is 0.0417. The lowest BCUT2D eigenvalue weighted by atomic mass is 9.97. The summed E-state index contributed by atoms with van der Waals surface area (Å²) in [6, 6.07) is 65.0. The minimum absolute atomic E-state index is 1.15. The number of nitrogens with zero attached hydrogens (tertiary/aromatic N) is 1. The van der Waals surface area contributed by atoms with Gasteiger partial charge < -0.3 is 4.90 Å². The van der Waals surface area contributed by atoms with Crippen molar-refractivity contribution >= 4 is 77.8 Å². The molecular formula is C48H35NSSi. The number of thiophene rings is 1. The van der Waals surface area contributed by atoms with Gasteiger partial charge in [-0.25, -0.2) is 0 Å². The van der Waals surface area contributed by atoms with Crippen LogP contribution >= 0.6 is 11.3 Å². The summed E-state index contributed by atoms with van der Waals surface area (Å²) < 4.78 is 2.76. The zero-order valence-electron chi connectivity index (χ0n) is 28.6. The van der Waals surface area contributed by atoms with Crippen LogP contribution in [0.25, 0.3) is 64.3 Å². The van der Waals surface area contributed by atoms with Crippen LogP contribution in [0, 0.1) is 0 Å². The molecule has 0 saturated heterocycles. The SMILES string of the molecule is C[Si]1(C)c2cccc(N(c3ccc(-c4cccc5ccccc45)cc3)c3cccc(-c4ccccc4)c3)c2-c2c1ccc1c2sc2ccccc21. The Morgan fingerprint density at radius 3 is 2.00 bits per heavy atom. The molecule has 0 N–H and O–H groups in total. The first-order valence-corrected chi connectivity index (χ1v) is 21.5. The Bertz CT molecular complexity index is 2770. The molecule has 0 spiro atoms. The van der Waals surface area contributed by atoms with Crippen molar-refractivity contribution in [2.45, 2.75) is 13.1 Å². The van der Waals surface area contributed by atoms with Gasteiger partial charge in [-0.2, -0.15) is 0 Å². The van der Waals surface area contributed by atoms with E-state index >= 15 is 0 Å². The van der Waals surface area contributed by atoms with Crippen LogP contribution in [0.15, 0.2) is 176 Å². The summed E-state index contributed by atoms with van der Waals surface area (Å²) in [5, 5.41) is 8.29. The average molecular weight is 686 g/mol. The number of anilines is 3. The first-order chi connectivity index (χ1) is 25.1. The van der Waals surface area contributed by atoms with Crippen molar-refractivity contribution in [2.24, 2.45) is 0 Å². The average Bonchev–Trinajstić information content (AvgIpc) is 3.68. The first-order valence-electron chi connectivity index (χ1n) is 17.7. The molecule has 242 valence electrons. The molecular weight excluding hydrogens is 651 g/mol. The molecule has 8 aromatic carbocycles. The van der Waals surface area contributed by atoms with Crippen LogP contribution in [0.1, 0.15) is 0 Å². The summed E-state index contributed by atoms with van der Waals surface area (Å²) in [6.07, 6.45) is 0. The monoisotopic (exact) mass is 685 g/mol. The number of hydrogen-bond acceptors (Lipinski definition) is 2. The fourth-order valence-corrected chi connectivity index (χ4v) is 12.8. The molecule has 0 atom stereocenters. The summed E-state index contributed by atoms with van der Waals surface area (Å²) >= 11 is 1.95. The van der Waals surface area contributed by atoms with E-state index in [2.05, 4.69) is 194 Å². The lowest BCUT2D eigenvalue weighted by molar-refractivity contribution is 1.29. The predicted octanol–water partition coefficient (Wildman–Crippen LogP) is 12.8. The van der Waals surface area contributed by atoms with Gasteiger partial charge in [-0.3, -0.25) is 0 Å². The van der Waals surface area contributed by atoms with E-state index in [1.807, 2.05) is 11.3 Å². The Kier molecular flexibility index (Phi) is 6.89. The van der Waals surface area contributed by atoms with Crippen molar-refractivity contribution in [1.29, 1.82) is 0 Å². The third-order valence-electron chi connectivity index (χ3n) is 10.9. The van der Waals surface area contributed by atoms with Gasteiger partial charge in [0.2, 0.25) is 0 Å². The fourth-order valence-electron chi connectivity index (χ4n) is 8.36. The molecule has 0 radical (unpaired) electrons. The Morgan fingerprint density at radius 2 is 1.14 bits per heavy atom. The van der Waals surface area contributed by atoms with Gasteiger partial charge in [0.25, 0.3) is 0 Å². The van der Waals surface area contributed by atoms with Crippen LogP contribution in [0.2, 0.25) is 13.1 Å². The lowest BCUT2D eigenvalue weighted by Gasteiger charge is -2.29. The van der Waals surface area contributed by atoms with Crippen molar-refractivity contribution < 1.29 is 0 Å². The molecule has 3 heteroatoms. The highest BCUT2D eigenvalue weighted by Gasteiger charge is 2.41. The maximum Gasteiger partial charge on any atom is 0.114 e. The maximum absolute atomic E-state index is 2.53. The highest BCUT2D eigenvalue weighted by Crippen LogP contribution is 2.48. The van der Waals surface area contributed by atoms with E-state index in [9.17, 15) is 0 Å². The van der Waals surface area contributed by atoms with E-state index in [0.29, 0.717) is 0 Å². The molecule has 9 aromatic rings. The topological polar surface area (TPSA) is 3.24 Å². The van der Waals surface area contributed by atoms with E-state index in [1.54, 1.807) is 0 Å². The van der Waals surface area contributed by atoms with Gasteiger partial charge in [-0.05, 0) is 79.8 Å². The molecule has 1 aliphatic heterocycles. The van der Waals surface area contributed by atoms with Gasteiger partial charge in [0.05, 0.1) is 5.69 Å². The van der Waals surface area contributed by atoms with E-state index in [-0.39, 0.29) is 0 Å². The Morgan fingerprint density at radius 1 is 0.451 bits per heavy atom. The quantitative estimate of drug-likeness (QED) is 0.163. The van der Waals surface area contributed by atoms with Crippen molar-refractivity contribution in [1.82, 2.24) is 0 Å². The van der Waals surface area contributed by atoms with Crippen LogP contribution in [-0.4, -0.2) is 8.07 Å². The van der Waals surface area contributed by atoms with E-state index < -0.39 is 8.07 Å². The summed E-state index contributed by atoms with van der Waals surface area (Å²) in [5.41, 5.74) is 11.3. The summed E-state index contributed by atoms with van der Waals surface area (Å²) in [7, 11) is -1.99. The maximum atomic E-state index is 2.53. The molecule has 10 rings (SSSR count). The van der Waals surface area contributed by atoms with Gasteiger partial charge >= 0.3 is 0 Å². The second-order valence-corrected chi connectivity index (χ2v) is 19.5. The Balaban J connectivity index is 1.22. The van der Waals surface area contributed by atoms with Gasteiger partial charge in [-0.15, -0.1) is 11.3 Å².